The second-order valence-electron chi connectivity index (χ2n) is 7.41. The quantitative estimate of drug-likeness (QED) is 0.309. The van der Waals surface area contributed by atoms with E-state index in [0.717, 1.165) is 12.2 Å². The van der Waals surface area contributed by atoms with Crippen molar-refractivity contribution in [2.45, 2.75) is 96.8 Å². The smallest absolute Gasteiger partial charge is 1.00 e. The van der Waals surface area contributed by atoms with Crippen molar-refractivity contribution in [3.63, 3.8) is 0 Å². The molecule has 0 amide bonds. The molecule has 0 atom stereocenters. The van der Waals surface area contributed by atoms with E-state index in [4.69, 9.17) is 5.11 Å². The second-order valence-corrected chi connectivity index (χ2v) is 7.41. The van der Waals surface area contributed by atoms with E-state index in [-0.39, 0.29) is 31.0 Å². The van der Waals surface area contributed by atoms with Gasteiger partial charge in [-0.05, 0) is 30.7 Å². The van der Waals surface area contributed by atoms with Crippen molar-refractivity contribution in [1.29, 1.82) is 0 Å². The van der Waals surface area contributed by atoms with Gasteiger partial charge in [-0.2, -0.15) is 0 Å². The Morgan fingerprint density at radius 2 is 1.19 bits per heavy atom. The van der Waals surface area contributed by atoms with Crippen LogP contribution in [0, 0.1) is 0 Å². The number of hydrogen-bond acceptors (Lipinski definition) is 2. The van der Waals surface area contributed by atoms with Crippen molar-refractivity contribution in [2.75, 3.05) is 11.9 Å². The molecule has 1 aromatic carbocycles. The standard InChI is InChI=1S/C23H39NO2.Na.H/c1-2-3-4-5-6-7-8-9-10-11-12-13-14-15-20-24-22-18-16-21(17-19-22)23(25)26;;/h16-19,24H,2-15,20H2,1H3,(H,25,26);;/q;+1;-1. The van der Waals surface area contributed by atoms with Crippen LogP contribution in [0.25, 0.3) is 0 Å². The zero-order chi connectivity index (χ0) is 18.9. The molecule has 0 heterocycles. The van der Waals surface area contributed by atoms with Gasteiger partial charge >= 0.3 is 35.5 Å². The van der Waals surface area contributed by atoms with Gasteiger partial charge in [-0.15, -0.1) is 0 Å². The summed E-state index contributed by atoms with van der Waals surface area (Å²) in [6, 6.07) is 6.98. The largest absolute Gasteiger partial charge is 1.00 e. The summed E-state index contributed by atoms with van der Waals surface area (Å²) in [5.41, 5.74) is 1.34. The third kappa shape index (κ3) is 15.1. The fourth-order valence-corrected chi connectivity index (χ4v) is 3.28. The van der Waals surface area contributed by atoms with E-state index >= 15 is 0 Å². The van der Waals surface area contributed by atoms with Crippen LogP contribution >= 0.6 is 0 Å². The molecule has 0 spiro atoms. The van der Waals surface area contributed by atoms with E-state index < -0.39 is 5.97 Å². The maximum atomic E-state index is 10.8. The Hall–Kier alpha value is -0.510. The number of rotatable bonds is 17. The molecule has 0 unspecified atom stereocenters. The second kappa shape index (κ2) is 18.8. The average molecular weight is 386 g/mol. The summed E-state index contributed by atoms with van der Waals surface area (Å²) in [6.45, 7) is 3.24. The number of carboxylic acid groups (broad SMARTS) is 1. The Labute approximate surface area is 190 Å². The van der Waals surface area contributed by atoms with Gasteiger partial charge in [0, 0.05) is 12.2 Å². The minimum absolute atomic E-state index is 0. The van der Waals surface area contributed by atoms with E-state index in [1.165, 1.54) is 89.9 Å². The third-order valence-electron chi connectivity index (χ3n) is 4.99. The van der Waals surface area contributed by atoms with Crippen LogP contribution in [0.5, 0.6) is 0 Å². The van der Waals surface area contributed by atoms with Crippen LogP contribution in [0.1, 0.15) is 109 Å². The van der Waals surface area contributed by atoms with Crippen molar-refractivity contribution in [1.82, 2.24) is 0 Å². The van der Waals surface area contributed by atoms with E-state index in [2.05, 4.69) is 12.2 Å². The molecular weight excluding hydrogens is 345 g/mol. The van der Waals surface area contributed by atoms with Crippen LogP contribution in [-0.4, -0.2) is 17.6 Å². The minimum atomic E-state index is -0.872. The minimum Gasteiger partial charge on any atom is -1.00 e. The van der Waals surface area contributed by atoms with Crippen LogP contribution < -0.4 is 34.9 Å². The Morgan fingerprint density at radius 3 is 1.59 bits per heavy atom. The molecule has 1 rings (SSSR count). The van der Waals surface area contributed by atoms with Gasteiger partial charge in [-0.1, -0.05) is 90.4 Å². The maximum Gasteiger partial charge on any atom is 1.00 e. The normalized spacial score (nSPS) is 10.4. The van der Waals surface area contributed by atoms with Crippen molar-refractivity contribution in [2.24, 2.45) is 0 Å². The van der Waals surface area contributed by atoms with E-state index in [1.54, 1.807) is 12.1 Å². The van der Waals surface area contributed by atoms with Crippen LogP contribution in [-0.2, 0) is 0 Å². The zero-order valence-electron chi connectivity index (χ0n) is 18.8. The molecule has 4 heteroatoms. The van der Waals surface area contributed by atoms with E-state index in [9.17, 15) is 4.79 Å². The van der Waals surface area contributed by atoms with Gasteiger partial charge in [0.05, 0.1) is 5.56 Å². The monoisotopic (exact) mass is 385 g/mol. The Kier molecular flexibility index (Phi) is 18.5. The number of carbonyl (C=O) groups is 1. The van der Waals surface area contributed by atoms with Gasteiger partial charge in [-0.25, -0.2) is 4.79 Å². The fourth-order valence-electron chi connectivity index (χ4n) is 3.28. The average Bonchev–Trinajstić information content (AvgIpc) is 2.65. The number of anilines is 1. The number of aromatic carboxylic acids is 1. The maximum absolute atomic E-state index is 10.8. The molecular formula is C23H40NNaO2. The number of benzene rings is 1. The van der Waals surface area contributed by atoms with Gasteiger partial charge in [0.15, 0.2) is 0 Å². The molecule has 0 aliphatic carbocycles. The molecule has 0 radical (unpaired) electrons. The van der Waals surface area contributed by atoms with E-state index in [0.29, 0.717) is 5.56 Å². The number of unbranched alkanes of at least 4 members (excludes halogenated alkanes) is 13. The van der Waals surface area contributed by atoms with Gasteiger partial charge in [-0.3, -0.25) is 0 Å². The van der Waals surface area contributed by atoms with Gasteiger partial charge in [0.25, 0.3) is 0 Å². The summed E-state index contributed by atoms with van der Waals surface area (Å²) in [4.78, 5) is 10.8. The fraction of sp³-hybridized carbons (Fsp3) is 0.696. The number of carboxylic acids is 1. The van der Waals surface area contributed by atoms with Gasteiger partial charge in [0.1, 0.15) is 0 Å². The van der Waals surface area contributed by atoms with E-state index in [1.807, 2.05) is 12.1 Å². The molecule has 0 aliphatic heterocycles. The van der Waals surface area contributed by atoms with Crippen molar-refractivity contribution in [3.05, 3.63) is 29.8 Å². The molecule has 0 fully saturated rings. The molecule has 3 nitrogen and oxygen atoms in total. The first-order chi connectivity index (χ1) is 12.7. The molecule has 0 aromatic heterocycles. The number of nitrogens with one attached hydrogen (secondary N) is 1. The molecule has 0 bridgehead atoms. The Balaban J connectivity index is 0. The van der Waals surface area contributed by atoms with Crippen LogP contribution in [0.3, 0.4) is 0 Å². The summed E-state index contributed by atoms with van der Waals surface area (Å²) < 4.78 is 0. The molecule has 27 heavy (non-hydrogen) atoms. The summed E-state index contributed by atoms with van der Waals surface area (Å²) in [7, 11) is 0. The van der Waals surface area contributed by atoms with Crippen LogP contribution in [0.4, 0.5) is 5.69 Å². The molecule has 0 saturated heterocycles. The predicted octanol–water partition coefficient (Wildman–Crippen LogP) is 4.39. The Bertz CT molecular complexity index is 468. The third-order valence-corrected chi connectivity index (χ3v) is 4.99. The topological polar surface area (TPSA) is 49.3 Å². The first-order valence-electron chi connectivity index (χ1n) is 10.8. The summed E-state index contributed by atoms with van der Waals surface area (Å²) >= 11 is 0. The first kappa shape index (κ1) is 26.5. The van der Waals surface area contributed by atoms with Gasteiger partial charge < -0.3 is 11.8 Å². The summed E-state index contributed by atoms with van der Waals surface area (Å²) in [5, 5.41) is 12.2. The molecule has 0 saturated carbocycles. The van der Waals surface area contributed by atoms with Crippen molar-refractivity contribution < 1.29 is 40.9 Å². The summed E-state index contributed by atoms with van der Waals surface area (Å²) in [5.74, 6) is -0.872. The molecule has 0 aliphatic rings. The molecule has 150 valence electrons. The first-order valence-corrected chi connectivity index (χ1v) is 10.8. The SMILES string of the molecule is CCCCCCCCCCCCCCCCNc1ccc(C(=O)O)cc1.[H-].[Na+]. The molecule has 1 aromatic rings. The van der Waals surface area contributed by atoms with Crippen LogP contribution in [0.15, 0.2) is 24.3 Å². The summed E-state index contributed by atoms with van der Waals surface area (Å²) in [6.07, 6.45) is 19.3. The predicted molar refractivity (Wildman–Crippen MR) is 113 cm³/mol. The Morgan fingerprint density at radius 1 is 0.778 bits per heavy atom. The van der Waals surface area contributed by atoms with Crippen molar-refractivity contribution >= 4 is 11.7 Å². The van der Waals surface area contributed by atoms with Crippen molar-refractivity contribution in [3.8, 4) is 0 Å². The number of hydrogen-bond donors (Lipinski definition) is 2. The molecule has 2 N–H and O–H groups in total. The van der Waals surface area contributed by atoms with Gasteiger partial charge in [0.2, 0.25) is 0 Å². The zero-order valence-corrected chi connectivity index (χ0v) is 19.8. The van der Waals surface area contributed by atoms with Crippen LogP contribution in [0.2, 0.25) is 0 Å².